The van der Waals surface area contributed by atoms with Gasteiger partial charge in [-0.25, -0.2) is 12.7 Å². The standard InChI is InChI=1S/C22H19NO3S3/c1-16-7-9-19(10-8-16)29(25,26)23-13-11-20(28-18-5-3-2-4-6-18)21(22(23)24)17-12-14-27-15-17/h2-10,12,14-15H,11,13H2,1H3. The minimum atomic E-state index is -3.90. The van der Waals surface area contributed by atoms with Gasteiger partial charge in [-0.2, -0.15) is 11.3 Å². The molecule has 3 aromatic rings. The highest BCUT2D eigenvalue weighted by Gasteiger charge is 2.36. The second-order valence-electron chi connectivity index (χ2n) is 6.67. The third-order valence-electron chi connectivity index (χ3n) is 4.66. The average Bonchev–Trinajstić information content (AvgIpc) is 3.23. The van der Waals surface area contributed by atoms with Crippen LogP contribution in [-0.2, 0) is 14.8 Å². The van der Waals surface area contributed by atoms with Gasteiger partial charge < -0.3 is 0 Å². The molecule has 1 amide bonds. The Bertz CT molecular complexity index is 1150. The maximum absolute atomic E-state index is 13.4. The lowest BCUT2D eigenvalue weighted by Crippen LogP contribution is -2.41. The summed E-state index contributed by atoms with van der Waals surface area (Å²) in [5, 5.41) is 3.79. The first-order chi connectivity index (χ1) is 14.0. The molecule has 4 nitrogen and oxygen atoms in total. The molecular formula is C22H19NO3S3. The molecule has 0 spiro atoms. The molecule has 0 atom stereocenters. The first-order valence-electron chi connectivity index (χ1n) is 9.09. The van der Waals surface area contributed by atoms with Gasteiger partial charge in [0.2, 0.25) is 0 Å². The molecule has 0 N–H and O–H groups in total. The summed E-state index contributed by atoms with van der Waals surface area (Å²) in [7, 11) is -3.90. The largest absolute Gasteiger partial charge is 0.269 e. The predicted molar refractivity (Wildman–Crippen MR) is 118 cm³/mol. The summed E-state index contributed by atoms with van der Waals surface area (Å²) in [5.74, 6) is -0.464. The minimum Gasteiger partial charge on any atom is -0.268 e. The van der Waals surface area contributed by atoms with E-state index in [1.807, 2.05) is 54.1 Å². The molecule has 0 saturated carbocycles. The van der Waals surface area contributed by atoms with E-state index < -0.39 is 15.9 Å². The molecule has 7 heteroatoms. The van der Waals surface area contributed by atoms with Crippen LogP contribution in [-0.4, -0.2) is 25.2 Å². The molecule has 0 saturated heterocycles. The van der Waals surface area contributed by atoms with Crippen molar-refractivity contribution in [1.82, 2.24) is 4.31 Å². The number of rotatable bonds is 5. The van der Waals surface area contributed by atoms with Crippen LogP contribution in [0.1, 0.15) is 17.5 Å². The van der Waals surface area contributed by atoms with E-state index in [4.69, 9.17) is 0 Å². The summed E-state index contributed by atoms with van der Waals surface area (Å²) in [6, 6.07) is 18.3. The van der Waals surface area contributed by atoms with Gasteiger partial charge >= 0.3 is 0 Å². The number of hydrogen-bond donors (Lipinski definition) is 0. The van der Waals surface area contributed by atoms with Gasteiger partial charge in [-0.05, 0) is 60.0 Å². The SMILES string of the molecule is Cc1ccc(S(=O)(=O)N2CCC(Sc3ccccc3)=C(c3ccsc3)C2=O)cc1. The summed E-state index contributed by atoms with van der Waals surface area (Å²) in [5.41, 5.74) is 2.21. The summed E-state index contributed by atoms with van der Waals surface area (Å²) in [6.07, 6.45) is 0.488. The average molecular weight is 442 g/mol. The molecule has 4 rings (SSSR count). The molecule has 0 bridgehead atoms. The topological polar surface area (TPSA) is 54.5 Å². The van der Waals surface area contributed by atoms with Crippen molar-refractivity contribution in [2.24, 2.45) is 0 Å². The van der Waals surface area contributed by atoms with E-state index in [0.29, 0.717) is 12.0 Å². The molecule has 2 aromatic carbocycles. The van der Waals surface area contributed by atoms with E-state index in [0.717, 1.165) is 25.2 Å². The fourth-order valence-corrected chi connectivity index (χ4v) is 6.27. The summed E-state index contributed by atoms with van der Waals surface area (Å²) in [6.45, 7) is 2.03. The molecule has 1 aliphatic heterocycles. The number of thiophene rings is 1. The van der Waals surface area contributed by atoms with Crippen molar-refractivity contribution in [3.05, 3.63) is 87.5 Å². The van der Waals surface area contributed by atoms with Crippen LogP contribution in [0, 0.1) is 6.92 Å². The maximum Gasteiger partial charge on any atom is 0.269 e. The number of carbonyl (C=O) groups is 1. The van der Waals surface area contributed by atoms with Crippen LogP contribution in [0.25, 0.3) is 5.57 Å². The number of sulfonamides is 1. The Labute approximate surface area is 178 Å². The molecule has 0 fully saturated rings. The van der Waals surface area contributed by atoms with Crippen molar-refractivity contribution in [2.75, 3.05) is 6.54 Å². The zero-order valence-electron chi connectivity index (χ0n) is 15.7. The maximum atomic E-state index is 13.4. The first-order valence-corrected chi connectivity index (χ1v) is 12.3. The van der Waals surface area contributed by atoms with Gasteiger partial charge in [-0.1, -0.05) is 47.7 Å². The first kappa shape index (κ1) is 19.9. The minimum absolute atomic E-state index is 0.137. The Kier molecular flexibility index (Phi) is 5.63. The zero-order valence-corrected chi connectivity index (χ0v) is 18.2. The predicted octanol–water partition coefficient (Wildman–Crippen LogP) is 5.18. The summed E-state index contributed by atoms with van der Waals surface area (Å²) < 4.78 is 27.3. The van der Waals surface area contributed by atoms with Gasteiger partial charge in [-0.3, -0.25) is 4.79 Å². The Morgan fingerprint density at radius 3 is 2.38 bits per heavy atom. The van der Waals surface area contributed by atoms with Crippen LogP contribution in [0.5, 0.6) is 0 Å². The number of aryl methyl sites for hydroxylation is 1. The number of carbonyl (C=O) groups excluding carboxylic acids is 1. The van der Waals surface area contributed by atoms with Gasteiger partial charge in [0, 0.05) is 16.3 Å². The third kappa shape index (κ3) is 4.03. The molecular weight excluding hydrogens is 422 g/mol. The van der Waals surface area contributed by atoms with Gasteiger partial charge in [0.05, 0.1) is 10.5 Å². The number of thioether (sulfide) groups is 1. The van der Waals surface area contributed by atoms with Crippen molar-refractivity contribution < 1.29 is 13.2 Å². The second-order valence-corrected chi connectivity index (χ2v) is 10.5. The van der Waals surface area contributed by atoms with Crippen LogP contribution < -0.4 is 0 Å². The highest BCUT2D eigenvalue weighted by molar-refractivity contribution is 8.03. The zero-order chi connectivity index (χ0) is 20.4. The van der Waals surface area contributed by atoms with Crippen LogP contribution in [0.15, 0.2) is 86.1 Å². The quantitative estimate of drug-likeness (QED) is 0.547. The molecule has 29 heavy (non-hydrogen) atoms. The molecule has 148 valence electrons. The van der Waals surface area contributed by atoms with Crippen molar-refractivity contribution in [1.29, 1.82) is 0 Å². The number of amides is 1. The van der Waals surface area contributed by atoms with Crippen LogP contribution >= 0.6 is 23.1 Å². The lowest BCUT2D eigenvalue weighted by Gasteiger charge is -2.29. The van der Waals surface area contributed by atoms with Crippen molar-refractivity contribution >= 4 is 44.6 Å². The molecule has 1 aromatic heterocycles. The summed E-state index contributed by atoms with van der Waals surface area (Å²) in [4.78, 5) is 15.5. The fourth-order valence-electron chi connectivity index (χ4n) is 3.16. The molecule has 0 unspecified atom stereocenters. The summed E-state index contributed by atoms with van der Waals surface area (Å²) >= 11 is 3.01. The molecule has 0 radical (unpaired) electrons. The number of nitrogens with zero attached hydrogens (tertiary/aromatic N) is 1. The fraction of sp³-hybridized carbons (Fsp3) is 0.136. The molecule has 1 aliphatic rings. The van der Waals surface area contributed by atoms with E-state index >= 15 is 0 Å². The Morgan fingerprint density at radius 1 is 1.00 bits per heavy atom. The van der Waals surface area contributed by atoms with Crippen molar-refractivity contribution in [3.63, 3.8) is 0 Å². The van der Waals surface area contributed by atoms with Crippen LogP contribution in [0.2, 0.25) is 0 Å². The lowest BCUT2D eigenvalue weighted by atomic mass is 10.0. The van der Waals surface area contributed by atoms with Crippen LogP contribution in [0.4, 0.5) is 0 Å². The van der Waals surface area contributed by atoms with Gasteiger partial charge in [-0.15, -0.1) is 0 Å². The van der Waals surface area contributed by atoms with Gasteiger partial charge in [0.25, 0.3) is 15.9 Å². The van der Waals surface area contributed by atoms with Gasteiger partial charge in [0.1, 0.15) is 0 Å². The van der Waals surface area contributed by atoms with E-state index in [9.17, 15) is 13.2 Å². The number of hydrogen-bond acceptors (Lipinski definition) is 5. The smallest absolute Gasteiger partial charge is 0.268 e. The highest BCUT2D eigenvalue weighted by Crippen LogP contribution is 2.40. The second kappa shape index (κ2) is 8.18. The lowest BCUT2D eigenvalue weighted by molar-refractivity contribution is -0.121. The number of benzene rings is 2. The van der Waals surface area contributed by atoms with Gasteiger partial charge in [0.15, 0.2) is 0 Å². The van der Waals surface area contributed by atoms with E-state index in [2.05, 4.69) is 0 Å². The Hall–Kier alpha value is -2.35. The van der Waals surface area contributed by atoms with E-state index in [1.165, 1.54) is 23.1 Å². The molecule has 0 aliphatic carbocycles. The Balaban J connectivity index is 1.75. The third-order valence-corrected chi connectivity index (χ3v) is 8.31. The normalized spacial score (nSPS) is 15.1. The van der Waals surface area contributed by atoms with Crippen molar-refractivity contribution in [2.45, 2.75) is 23.1 Å². The van der Waals surface area contributed by atoms with E-state index in [1.54, 1.807) is 24.3 Å². The van der Waals surface area contributed by atoms with E-state index in [-0.39, 0.29) is 11.4 Å². The van der Waals surface area contributed by atoms with Crippen molar-refractivity contribution in [3.8, 4) is 0 Å². The Morgan fingerprint density at radius 2 is 1.72 bits per heavy atom. The van der Waals surface area contributed by atoms with Crippen LogP contribution in [0.3, 0.4) is 0 Å². The highest BCUT2D eigenvalue weighted by atomic mass is 32.2. The molecule has 2 heterocycles. The monoisotopic (exact) mass is 441 g/mol.